The Bertz CT molecular complexity index is 2480. The van der Waals surface area contributed by atoms with E-state index in [-0.39, 0.29) is 54.5 Å². The van der Waals surface area contributed by atoms with Crippen LogP contribution in [0.1, 0.15) is 130 Å². The van der Waals surface area contributed by atoms with Gasteiger partial charge in [-0.25, -0.2) is 17.9 Å². The van der Waals surface area contributed by atoms with Gasteiger partial charge in [0.15, 0.2) is 30.3 Å². The number of esters is 2. The molecule has 4 aliphatic rings. The minimum Gasteiger partial charge on any atom is -0.461 e. The van der Waals surface area contributed by atoms with Crippen molar-refractivity contribution in [2.45, 2.75) is 244 Å². The minimum absolute atomic E-state index is 0.00927. The molecule has 486 valence electrons. The van der Waals surface area contributed by atoms with Crippen LogP contribution in [0.2, 0.25) is 0 Å². The molecule has 24 nitrogen and oxygen atoms in total. The first-order valence-corrected chi connectivity index (χ1v) is 31.3. The molecule has 25 heteroatoms. The molecule has 85 heavy (non-hydrogen) atoms. The summed E-state index contributed by atoms with van der Waals surface area (Å²) in [6, 6.07) is 7.68. The Balaban J connectivity index is 1.73. The van der Waals surface area contributed by atoms with Crippen molar-refractivity contribution in [1.82, 2.24) is 14.9 Å². The van der Waals surface area contributed by atoms with E-state index in [1.807, 2.05) is 34.7 Å². The van der Waals surface area contributed by atoms with Gasteiger partial charge in [-0.3, -0.25) is 14.4 Å². The number of oxime groups is 1. The number of aliphatic hydroxyl groups is 2. The van der Waals surface area contributed by atoms with Gasteiger partial charge in [0.25, 0.3) is 0 Å². The van der Waals surface area contributed by atoms with E-state index in [1.54, 1.807) is 80.5 Å². The number of carbonyl (C=O) groups is 4. The number of cyclic esters (lactones) is 1. The molecule has 4 saturated heterocycles. The summed E-state index contributed by atoms with van der Waals surface area (Å²) in [5.74, 6) is -7.64. The average molecular weight is 1230 g/mol. The standard InChI is InChI=1S/C60H100N4O20S/c1-31(2)25-44(65)80-49-37(8)51(41(12)79-57-53(74-18)52(73-17)46(66)40(11)78-57)82-55(69)39(10)50(81-45-26-33(4)64(16)29-35(6)76-45)36(7)48(83-56-47(67)43(63-75-19)27-34(5)77-56)32(3)28-60(15,54(68)38(49)9)84-58(70)62-59(13,14)30-61-85(71,72)42-23-21-20-22-24-42/h20-24,31-41,45-53,56-57,61,66-67H,25-30H2,1-19H3,(H,62,70)/b63-43-/t32-,33+,34+,35-,36+,37+,38+,39+,40+,41+,45-,46+,47+,48-,49+,50-,51-,52+,53+,56-,57-,60-/m0/s1. The second-order valence-electron chi connectivity index (χ2n) is 25.3. The van der Waals surface area contributed by atoms with E-state index in [2.05, 4.69) is 20.1 Å². The van der Waals surface area contributed by atoms with Crippen molar-refractivity contribution in [3.8, 4) is 0 Å². The monoisotopic (exact) mass is 1230 g/mol. The number of sulfonamides is 1. The number of amides is 1. The number of ether oxygens (including phenoxy) is 11. The predicted octanol–water partition coefficient (Wildman–Crippen LogP) is 5.52. The van der Waals surface area contributed by atoms with Crippen molar-refractivity contribution in [2.24, 2.45) is 40.7 Å². The molecule has 4 heterocycles. The molecule has 1 aromatic rings. The molecule has 0 saturated carbocycles. The number of methoxy groups -OCH3 is 2. The Morgan fingerprint density at radius 2 is 1.48 bits per heavy atom. The number of nitrogens with one attached hydrogen (secondary N) is 2. The number of nitrogens with zero attached hydrogens (tertiary/aromatic N) is 2. The highest BCUT2D eigenvalue weighted by Crippen LogP contribution is 2.41. The molecule has 4 N–H and O–H groups in total. The third-order valence-electron chi connectivity index (χ3n) is 16.8. The van der Waals surface area contributed by atoms with Crippen LogP contribution < -0.4 is 10.0 Å². The van der Waals surface area contributed by atoms with Crippen molar-refractivity contribution in [3.05, 3.63) is 30.3 Å². The summed E-state index contributed by atoms with van der Waals surface area (Å²) in [4.78, 5) is 67.6. The number of carbonyl (C=O) groups excluding carboxylic acids is 4. The normalized spacial score (nSPS) is 37.9. The van der Waals surface area contributed by atoms with E-state index in [4.69, 9.17) is 56.9 Å². The fraction of sp³-hybridized carbons (Fsp3) is 0.817. The van der Waals surface area contributed by atoms with Crippen LogP contribution in [0.5, 0.6) is 0 Å². The quantitative estimate of drug-likeness (QED) is 0.0753. The molecule has 22 atom stereocenters. The van der Waals surface area contributed by atoms with E-state index in [0.29, 0.717) is 13.0 Å². The van der Waals surface area contributed by atoms with Crippen LogP contribution in [-0.4, -0.2) is 204 Å². The molecule has 0 spiro atoms. The van der Waals surface area contributed by atoms with Crippen LogP contribution in [0.15, 0.2) is 40.4 Å². The summed E-state index contributed by atoms with van der Waals surface area (Å²) >= 11 is 0. The van der Waals surface area contributed by atoms with Crippen molar-refractivity contribution >= 4 is 39.6 Å². The Morgan fingerprint density at radius 1 is 0.835 bits per heavy atom. The molecule has 1 amide bonds. The maximum atomic E-state index is 16.0. The maximum absolute atomic E-state index is 16.0. The SMILES string of the molecule is CO/N=C1/C[C@@H](C)O[C@@H](O[C@@H]2[C@@H](C)[C@H](O[C@H]3C[C@@H](C)N(C)C[C@H](C)O3)[C@@H](C)C(=O)O[C@H]([C@@H](C)O[C@@H]3O[C@H](C)[C@@H](O)[C@@H](OC)[C@H]3OC)[C@H](C)[C@@H](OC(=O)CC(C)C)[C@@H](C)C(=O)[C@@](C)(OC(=O)NC(C)(C)CNS(=O)(=O)c3ccccc3)C[C@@H]2C)[C@@H]1O. The first-order chi connectivity index (χ1) is 39.7. The number of ketones is 1. The lowest BCUT2D eigenvalue weighted by Gasteiger charge is -2.46. The van der Waals surface area contributed by atoms with Gasteiger partial charge in [0.2, 0.25) is 10.0 Å². The fourth-order valence-electron chi connectivity index (χ4n) is 12.1. The number of aliphatic hydroxyl groups excluding tert-OH is 2. The first kappa shape index (κ1) is 71.8. The predicted molar refractivity (Wildman–Crippen MR) is 311 cm³/mol. The molecular weight excluding hydrogens is 1130 g/mol. The summed E-state index contributed by atoms with van der Waals surface area (Å²) in [5, 5.41) is 29.8. The Morgan fingerprint density at radius 3 is 2.09 bits per heavy atom. The largest absolute Gasteiger partial charge is 0.461 e. The zero-order valence-corrected chi connectivity index (χ0v) is 54.2. The van der Waals surface area contributed by atoms with Crippen molar-refractivity contribution in [2.75, 3.05) is 41.5 Å². The number of hydrogen-bond donors (Lipinski definition) is 4. The molecule has 1 aromatic carbocycles. The number of Topliss-reactive ketones (excluding diaryl/α,β-unsaturated/α-hetero) is 1. The van der Waals surface area contributed by atoms with Gasteiger partial charge in [-0.2, -0.15) is 0 Å². The van der Waals surface area contributed by atoms with Crippen LogP contribution in [0.3, 0.4) is 0 Å². The van der Waals surface area contributed by atoms with Crippen LogP contribution in [0, 0.1) is 35.5 Å². The average Bonchev–Trinajstić information content (AvgIpc) is 3.45. The summed E-state index contributed by atoms with van der Waals surface area (Å²) < 4.78 is 100. The van der Waals surface area contributed by atoms with E-state index in [1.165, 1.54) is 47.3 Å². The van der Waals surface area contributed by atoms with Crippen molar-refractivity contribution in [1.29, 1.82) is 0 Å². The van der Waals surface area contributed by atoms with Crippen molar-refractivity contribution < 1.29 is 94.8 Å². The molecule has 0 aliphatic carbocycles. The second kappa shape index (κ2) is 31.0. The minimum atomic E-state index is -4.03. The van der Waals surface area contributed by atoms with Crippen molar-refractivity contribution in [3.63, 3.8) is 0 Å². The zero-order valence-electron chi connectivity index (χ0n) is 53.4. The molecule has 0 radical (unpaired) electrons. The van der Waals surface area contributed by atoms with Crippen LogP contribution in [0.4, 0.5) is 4.79 Å². The highest BCUT2D eigenvalue weighted by molar-refractivity contribution is 7.89. The molecule has 4 fully saturated rings. The maximum Gasteiger partial charge on any atom is 0.408 e. The topological polar surface area (TPSA) is 293 Å². The lowest BCUT2D eigenvalue weighted by molar-refractivity contribution is -0.318. The smallest absolute Gasteiger partial charge is 0.408 e. The van der Waals surface area contributed by atoms with Gasteiger partial charge >= 0.3 is 18.0 Å². The Kier molecular flexibility index (Phi) is 26.2. The molecule has 5 rings (SSSR count). The summed E-state index contributed by atoms with van der Waals surface area (Å²) in [5.41, 5.74) is -3.22. The lowest BCUT2D eigenvalue weighted by Crippen LogP contribution is -2.60. The Hall–Kier alpha value is -3.96. The fourth-order valence-corrected chi connectivity index (χ4v) is 13.3. The van der Waals surface area contributed by atoms with Crippen LogP contribution in [-0.2, 0) is 81.3 Å². The van der Waals surface area contributed by atoms with Gasteiger partial charge in [0.1, 0.15) is 43.7 Å². The van der Waals surface area contributed by atoms with E-state index in [9.17, 15) is 28.2 Å². The Labute approximate surface area is 503 Å². The number of hydrogen-bond acceptors (Lipinski definition) is 22. The van der Waals surface area contributed by atoms with Gasteiger partial charge in [0, 0.05) is 64.4 Å². The number of rotatable bonds is 19. The zero-order chi connectivity index (χ0) is 63.6. The van der Waals surface area contributed by atoms with Gasteiger partial charge < -0.3 is 77.4 Å². The first-order valence-electron chi connectivity index (χ1n) is 29.8. The van der Waals surface area contributed by atoms with E-state index < -0.39 is 161 Å². The highest BCUT2D eigenvalue weighted by Gasteiger charge is 2.54. The third-order valence-corrected chi connectivity index (χ3v) is 18.3. The molecule has 0 aromatic heterocycles. The number of alkyl carbamates (subject to hydrolysis) is 1. The van der Waals surface area contributed by atoms with Gasteiger partial charge in [0.05, 0.1) is 64.6 Å². The van der Waals surface area contributed by atoms with Crippen LogP contribution in [0.25, 0.3) is 0 Å². The third kappa shape index (κ3) is 18.8. The lowest BCUT2D eigenvalue weighted by atomic mass is 9.74. The number of benzene rings is 1. The molecule has 4 aliphatic heterocycles. The molecule has 0 unspecified atom stereocenters. The molecular formula is C60H100N4O20S. The summed E-state index contributed by atoms with van der Waals surface area (Å²) in [6.07, 6.45) is -16.6. The van der Waals surface area contributed by atoms with Gasteiger partial charge in [-0.05, 0) is 99.8 Å². The van der Waals surface area contributed by atoms with E-state index >= 15 is 9.59 Å². The van der Waals surface area contributed by atoms with Crippen LogP contribution >= 0.6 is 0 Å². The van der Waals surface area contributed by atoms with Gasteiger partial charge in [-0.15, -0.1) is 0 Å². The van der Waals surface area contributed by atoms with E-state index in [0.717, 1.165) is 0 Å². The highest BCUT2D eigenvalue weighted by atomic mass is 32.2. The summed E-state index contributed by atoms with van der Waals surface area (Å²) in [6.45, 7) is 26.0. The summed E-state index contributed by atoms with van der Waals surface area (Å²) in [7, 11) is 2.13. The molecule has 0 bridgehead atoms. The second-order valence-corrected chi connectivity index (χ2v) is 27.1. The van der Waals surface area contributed by atoms with Gasteiger partial charge in [-0.1, -0.05) is 64.9 Å². The number of likely N-dealkylation sites (N-methyl/N-ethyl adjacent to an activating group) is 1.